The summed E-state index contributed by atoms with van der Waals surface area (Å²) in [7, 11) is 1.73. The van der Waals surface area contributed by atoms with E-state index in [1.54, 1.807) is 13.2 Å². The van der Waals surface area contributed by atoms with Crippen LogP contribution >= 0.6 is 0 Å². The molecule has 1 atom stereocenters. The molecule has 1 N–H and O–H groups in total. The fourth-order valence-electron chi connectivity index (χ4n) is 4.34. The molecule has 2 amide bonds. The van der Waals surface area contributed by atoms with Gasteiger partial charge in [-0.05, 0) is 37.5 Å². The molecule has 4 rings (SSSR count). The zero-order valence-electron chi connectivity index (χ0n) is 14.9. The first kappa shape index (κ1) is 17.1. The molecule has 1 aromatic heterocycles. The van der Waals surface area contributed by atoms with Gasteiger partial charge in [0.15, 0.2) is 0 Å². The van der Waals surface area contributed by atoms with Gasteiger partial charge < -0.3 is 14.9 Å². The second-order valence-electron chi connectivity index (χ2n) is 7.99. The van der Waals surface area contributed by atoms with Crippen LogP contribution in [0.1, 0.15) is 42.5 Å². The number of rotatable bonds is 3. The smallest absolute Gasteiger partial charge is 0.326 e. The molecule has 3 heterocycles. The van der Waals surface area contributed by atoms with Gasteiger partial charge in [0.1, 0.15) is 6.04 Å². The van der Waals surface area contributed by atoms with Crippen LogP contribution in [0.4, 0.5) is 0 Å². The summed E-state index contributed by atoms with van der Waals surface area (Å²) in [5, 5.41) is 13.7. The quantitative estimate of drug-likeness (QED) is 0.858. The first-order valence-electron chi connectivity index (χ1n) is 9.20. The molecule has 0 unspecified atom stereocenters. The summed E-state index contributed by atoms with van der Waals surface area (Å²) >= 11 is 0. The monoisotopic (exact) mass is 360 g/mol. The van der Waals surface area contributed by atoms with Gasteiger partial charge in [0.25, 0.3) is 5.91 Å². The Hall–Kier alpha value is -2.38. The molecule has 140 valence electrons. The van der Waals surface area contributed by atoms with Gasteiger partial charge in [-0.15, -0.1) is 0 Å². The van der Waals surface area contributed by atoms with Gasteiger partial charge in [-0.1, -0.05) is 0 Å². The number of carbonyl (C=O) groups excluding carboxylic acids is 2. The van der Waals surface area contributed by atoms with Crippen LogP contribution in [0, 0.1) is 11.3 Å². The second kappa shape index (κ2) is 6.10. The lowest BCUT2D eigenvalue weighted by Crippen LogP contribution is -2.45. The molecule has 0 bridgehead atoms. The number of carboxylic acid groups (broad SMARTS) is 1. The third kappa shape index (κ3) is 2.97. The van der Waals surface area contributed by atoms with Crippen LogP contribution in [-0.4, -0.2) is 68.1 Å². The molecule has 8 nitrogen and oxygen atoms in total. The van der Waals surface area contributed by atoms with Crippen molar-refractivity contribution in [1.82, 2.24) is 19.6 Å². The first-order valence-corrected chi connectivity index (χ1v) is 9.20. The van der Waals surface area contributed by atoms with Crippen molar-refractivity contribution in [1.29, 1.82) is 0 Å². The highest BCUT2D eigenvalue weighted by Crippen LogP contribution is 2.44. The number of carbonyl (C=O) groups is 3. The summed E-state index contributed by atoms with van der Waals surface area (Å²) in [4.78, 5) is 40.2. The lowest BCUT2D eigenvalue weighted by molar-refractivity contribution is -0.141. The normalized spacial score (nSPS) is 24.9. The zero-order chi connectivity index (χ0) is 18.5. The van der Waals surface area contributed by atoms with Gasteiger partial charge in [0.2, 0.25) is 5.91 Å². The number of hydrogen-bond donors (Lipinski definition) is 1. The summed E-state index contributed by atoms with van der Waals surface area (Å²) in [6.07, 6.45) is 7.05. The number of aromatic nitrogens is 2. The minimum absolute atomic E-state index is 0.207. The van der Waals surface area contributed by atoms with Gasteiger partial charge >= 0.3 is 5.97 Å². The van der Waals surface area contributed by atoms with E-state index in [2.05, 4.69) is 5.10 Å². The fourth-order valence-corrected chi connectivity index (χ4v) is 4.34. The highest BCUT2D eigenvalue weighted by molar-refractivity contribution is 5.96. The highest BCUT2D eigenvalue weighted by Gasteiger charge is 2.51. The van der Waals surface area contributed by atoms with Crippen LogP contribution in [0.5, 0.6) is 0 Å². The molecular formula is C18H24N4O4. The number of aliphatic carboxylic acids is 1. The Bertz CT molecular complexity index is 746. The van der Waals surface area contributed by atoms with E-state index in [9.17, 15) is 19.5 Å². The first-order chi connectivity index (χ1) is 12.4. The Morgan fingerprint density at radius 3 is 2.46 bits per heavy atom. The molecule has 2 saturated heterocycles. The standard InChI is InChI=1S/C18H24N4O4/c1-20-10-13(9-19-20)16(24)22-11-18(8-14(22)17(25)26)4-6-21(7-5-18)15(23)12-2-3-12/h9-10,12,14H,2-8,11H2,1H3,(H,25,26)/t14-/m0/s1. The van der Waals surface area contributed by atoms with Gasteiger partial charge in [-0.3, -0.25) is 14.3 Å². The van der Waals surface area contributed by atoms with Gasteiger partial charge in [-0.25, -0.2) is 4.79 Å². The molecule has 1 aliphatic carbocycles. The van der Waals surface area contributed by atoms with Crippen LogP contribution in [0.15, 0.2) is 12.4 Å². The van der Waals surface area contributed by atoms with Crippen molar-refractivity contribution in [3.63, 3.8) is 0 Å². The predicted octanol–water partition coefficient (Wildman–Crippen LogP) is 0.738. The number of piperidine rings is 1. The molecule has 8 heteroatoms. The van der Waals surface area contributed by atoms with E-state index in [1.165, 1.54) is 15.8 Å². The van der Waals surface area contributed by atoms with Crippen molar-refractivity contribution in [3.8, 4) is 0 Å². The van der Waals surface area contributed by atoms with Crippen LogP contribution in [0.3, 0.4) is 0 Å². The van der Waals surface area contributed by atoms with E-state index in [4.69, 9.17) is 0 Å². The summed E-state index contributed by atoms with van der Waals surface area (Å²) in [6.45, 7) is 1.76. The largest absolute Gasteiger partial charge is 0.480 e. The number of nitrogens with zero attached hydrogens (tertiary/aromatic N) is 4. The molecule has 2 aliphatic heterocycles. The van der Waals surface area contributed by atoms with Crippen LogP contribution in [-0.2, 0) is 16.6 Å². The lowest BCUT2D eigenvalue weighted by Gasteiger charge is -2.39. The summed E-state index contributed by atoms with van der Waals surface area (Å²) in [6, 6.07) is -0.812. The number of likely N-dealkylation sites (tertiary alicyclic amines) is 2. The number of aryl methyl sites for hydroxylation is 1. The molecule has 3 fully saturated rings. The number of hydrogen-bond acceptors (Lipinski definition) is 4. The molecular weight excluding hydrogens is 336 g/mol. The Balaban J connectivity index is 1.48. The molecule has 1 saturated carbocycles. The van der Waals surface area contributed by atoms with Crippen molar-refractivity contribution in [2.24, 2.45) is 18.4 Å². The van der Waals surface area contributed by atoms with Crippen molar-refractivity contribution in [2.75, 3.05) is 19.6 Å². The van der Waals surface area contributed by atoms with Crippen molar-refractivity contribution < 1.29 is 19.5 Å². The van der Waals surface area contributed by atoms with E-state index in [1.807, 2.05) is 4.90 Å². The van der Waals surface area contributed by atoms with Crippen LogP contribution in [0.25, 0.3) is 0 Å². The second-order valence-corrected chi connectivity index (χ2v) is 7.99. The van der Waals surface area contributed by atoms with Gasteiger partial charge in [0.05, 0.1) is 11.8 Å². The maximum absolute atomic E-state index is 12.8. The SMILES string of the molecule is Cn1cc(C(=O)N2CC3(CCN(C(=O)C4CC4)CC3)C[C@H]2C(=O)O)cn1. The number of amides is 2. The summed E-state index contributed by atoms with van der Waals surface area (Å²) < 4.78 is 1.54. The van der Waals surface area contributed by atoms with E-state index >= 15 is 0 Å². The molecule has 26 heavy (non-hydrogen) atoms. The maximum Gasteiger partial charge on any atom is 0.326 e. The van der Waals surface area contributed by atoms with E-state index < -0.39 is 12.0 Å². The van der Waals surface area contributed by atoms with Crippen molar-refractivity contribution >= 4 is 17.8 Å². The van der Waals surface area contributed by atoms with E-state index in [0.717, 1.165) is 25.7 Å². The maximum atomic E-state index is 12.8. The van der Waals surface area contributed by atoms with Gasteiger partial charge in [-0.2, -0.15) is 5.10 Å². The lowest BCUT2D eigenvalue weighted by atomic mass is 9.76. The third-order valence-electron chi connectivity index (χ3n) is 6.07. The Kier molecular flexibility index (Phi) is 4.00. The van der Waals surface area contributed by atoms with E-state index in [-0.39, 0.29) is 23.1 Å². The predicted molar refractivity (Wildman–Crippen MR) is 91.3 cm³/mol. The average molecular weight is 360 g/mol. The molecule has 0 radical (unpaired) electrons. The number of carboxylic acids is 1. The molecule has 1 aromatic rings. The summed E-state index contributed by atoms with van der Waals surface area (Å²) in [5.41, 5.74) is 0.207. The van der Waals surface area contributed by atoms with Crippen LogP contribution in [0.2, 0.25) is 0 Å². The Morgan fingerprint density at radius 2 is 1.92 bits per heavy atom. The Morgan fingerprint density at radius 1 is 1.23 bits per heavy atom. The van der Waals surface area contributed by atoms with E-state index in [0.29, 0.717) is 31.6 Å². The van der Waals surface area contributed by atoms with Crippen molar-refractivity contribution in [2.45, 2.75) is 38.1 Å². The minimum atomic E-state index is -0.962. The average Bonchev–Trinajstić information content (AvgIpc) is 3.28. The highest BCUT2D eigenvalue weighted by atomic mass is 16.4. The third-order valence-corrected chi connectivity index (χ3v) is 6.07. The molecule has 3 aliphatic rings. The molecule has 0 aromatic carbocycles. The topological polar surface area (TPSA) is 95.7 Å². The zero-order valence-corrected chi connectivity index (χ0v) is 14.9. The Labute approximate surface area is 151 Å². The summed E-state index contributed by atoms with van der Waals surface area (Å²) in [5.74, 6) is -0.784. The van der Waals surface area contributed by atoms with Crippen LogP contribution < -0.4 is 0 Å². The van der Waals surface area contributed by atoms with Gasteiger partial charge in [0, 0.05) is 38.8 Å². The fraction of sp³-hybridized carbons (Fsp3) is 0.667. The minimum Gasteiger partial charge on any atom is -0.480 e. The van der Waals surface area contributed by atoms with Crippen molar-refractivity contribution in [3.05, 3.63) is 18.0 Å². The molecule has 1 spiro atoms.